The van der Waals surface area contributed by atoms with Crippen LogP contribution in [-0.4, -0.2) is 0 Å². The Bertz CT molecular complexity index is 1230. The molecule has 0 aliphatic heterocycles. The smallest absolute Gasteiger partial charge is 0.170 e. The average Bonchev–Trinajstić information content (AvgIpc) is 3.28. The van der Waals surface area contributed by atoms with Gasteiger partial charge in [-0.3, -0.25) is 0 Å². The summed E-state index contributed by atoms with van der Waals surface area (Å²) in [6.45, 7) is 4.13. The van der Waals surface area contributed by atoms with Crippen molar-refractivity contribution in [1.29, 1.82) is 0 Å². The summed E-state index contributed by atoms with van der Waals surface area (Å²) in [6.07, 6.45) is 15.4. The minimum Gasteiger partial charge on any atom is -0.456 e. The van der Waals surface area contributed by atoms with Crippen LogP contribution in [0, 0.1) is 41.0 Å². The van der Waals surface area contributed by atoms with Gasteiger partial charge in [0.1, 0.15) is 11.2 Å². The molecule has 5 heteroatoms. The van der Waals surface area contributed by atoms with Crippen molar-refractivity contribution >= 4 is 21.9 Å². The molecule has 5 rings (SSSR count). The number of halogens is 4. The summed E-state index contributed by atoms with van der Waals surface area (Å²) in [4.78, 5) is 0. The molecule has 37 heavy (non-hydrogen) atoms. The minimum atomic E-state index is -1.16. The summed E-state index contributed by atoms with van der Waals surface area (Å²) in [5.74, 6) is -1.99. The van der Waals surface area contributed by atoms with Crippen LogP contribution in [-0.2, 0) is 6.42 Å². The third kappa shape index (κ3) is 5.16. The predicted octanol–water partition coefficient (Wildman–Crippen LogP) is 10.8. The van der Waals surface area contributed by atoms with E-state index in [-0.39, 0.29) is 33.4 Å². The van der Waals surface area contributed by atoms with Gasteiger partial charge in [0.25, 0.3) is 0 Å². The van der Waals surface area contributed by atoms with Crippen molar-refractivity contribution in [3.05, 3.63) is 46.5 Å². The maximum absolute atomic E-state index is 15.3. The molecule has 3 aromatic rings. The molecule has 0 bridgehead atoms. The van der Waals surface area contributed by atoms with E-state index in [0.717, 1.165) is 37.5 Å². The quantitative estimate of drug-likeness (QED) is 0.214. The fraction of sp³-hybridized carbons (Fsp3) is 0.625. The van der Waals surface area contributed by atoms with Crippen LogP contribution in [0.5, 0.6) is 0 Å². The monoisotopic (exact) mass is 516 g/mol. The highest BCUT2D eigenvalue weighted by atomic mass is 19.2. The van der Waals surface area contributed by atoms with Crippen molar-refractivity contribution in [2.45, 2.75) is 110 Å². The molecule has 2 aliphatic rings. The molecule has 0 spiro atoms. The Labute approximate surface area is 218 Å². The van der Waals surface area contributed by atoms with Crippen LogP contribution in [0.15, 0.2) is 16.5 Å². The second-order valence-electron chi connectivity index (χ2n) is 11.7. The van der Waals surface area contributed by atoms with E-state index in [9.17, 15) is 8.78 Å². The number of benzene rings is 2. The van der Waals surface area contributed by atoms with Gasteiger partial charge in [-0.25, -0.2) is 17.6 Å². The zero-order chi connectivity index (χ0) is 26.1. The van der Waals surface area contributed by atoms with Crippen molar-refractivity contribution in [3.8, 4) is 0 Å². The van der Waals surface area contributed by atoms with E-state index >= 15 is 8.78 Å². The largest absolute Gasteiger partial charge is 0.456 e. The standard InChI is InChI=1S/C32H40F4O/c1-3-5-6-8-19-9-11-20(12-10-19)21-13-15-22(16-14-21)24-18-26-28(32(36)30(24)34)27-25(37-26)17-23(7-4-2)29(33)31(27)35/h17-22H,3-16H2,1-2H3. The number of furan rings is 1. The molecule has 0 amide bonds. The summed E-state index contributed by atoms with van der Waals surface area (Å²) in [6, 6.07) is 2.97. The lowest BCUT2D eigenvalue weighted by atomic mass is 9.68. The lowest BCUT2D eigenvalue weighted by Crippen LogP contribution is -2.25. The molecule has 0 unspecified atom stereocenters. The molecule has 0 atom stereocenters. The second-order valence-corrected chi connectivity index (χ2v) is 11.7. The highest BCUT2D eigenvalue weighted by Gasteiger charge is 2.33. The van der Waals surface area contributed by atoms with Crippen molar-refractivity contribution < 1.29 is 22.0 Å². The zero-order valence-corrected chi connectivity index (χ0v) is 22.3. The SMILES string of the molecule is CCCCCC1CCC(C2CCC(c3cc4oc5cc(CCC)c(F)c(F)c5c4c(F)c3F)CC2)CC1. The molecule has 2 fully saturated rings. The van der Waals surface area contributed by atoms with Crippen molar-refractivity contribution in [1.82, 2.24) is 0 Å². The van der Waals surface area contributed by atoms with E-state index < -0.39 is 23.3 Å². The van der Waals surface area contributed by atoms with E-state index in [4.69, 9.17) is 4.42 Å². The lowest BCUT2D eigenvalue weighted by molar-refractivity contribution is 0.155. The topological polar surface area (TPSA) is 13.1 Å². The molecule has 0 N–H and O–H groups in total. The van der Waals surface area contributed by atoms with Gasteiger partial charge >= 0.3 is 0 Å². The van der Waals surface area contributed by atoms with Gasteiger partial charge in [0.05, 0.1) is 10.8 Å². The van der Waals surface area contributed by atoms with E-state index in [1.165, 1.54) is 63.5 Å². The second kappa shape index (κ2) is 11.4. The first-order valence-corrected chi connectivity index (χ1v) is 14.6. The number of aryl methyl sites for hydroxylation is 1. The van der Waals surface area contributed by atoms with Crippen molar-refractivity contribution in [2.24, 2.45) is 17.8 Å². The van der Waals surface area contributed by atoms with E-state index in [0.29, 0.717) is 24.3 Å². The summed E-state index contributed by atoms with van der Waals surface area (Å²) in [5, 5.41) is -0.593. The van der Waals surface area contributed by atoms with Crippen LogP contribution >= 0.6 is 0 Å². The first-order chi connectivity index (χ1) is 17.9. The van der Waals surface area contributed by atoms with Crippen LogP contribution in [0.1, 0.15) is 114 Å². The summed E-state index contributed by atoms with van der Waals surface area (Å²) in [7, 11) is 0. The maximum Gasteiger partial charge on any atom is 0.170 e. The van der Waals surface area contributed by atoms with Crippen LogP contribution in [0.3, 0.4) is 0 Å². The highest BCUT2D eigenvalue weighted by Crippen LogP contribution is 2.46. The highest BCUT2D eigenvalue weighted by molar-refractivity contribution is 6.06. The van der Waals surface area contributed by atoms with Gasteiger partial charge in [-0.05, 0) is 91.9 Å². The van der Waals surface area contributed by atoms with Crippen LogP contribution in [0.4, 0.5) is 17.6 Å². The molecule has 2 aromatic carbocycles. The lowest BCUT2D eigenvalue weighted by Gasteiger charge is -2.38. The van der Waals surface area contributed by atoms with Gasteiger partial charge < -0.3 is 4.42 Å². The summed E-state index contributed by atoms with van der Waals surface area (Å²) in [5.41, 5.74) is 0.680. The summed E-state index contributed by atoms with van der Waals surface area (Å²) >= 11 is 0. The molecular formula is C32H40F4O. The Morgan fingerprint density at radius 2 is 1.27 bits per heavy atom. The molecule has 1 aromatic heterocycles. The van der Waals surface area contributed by atoms with Crippen LogP contribution in [0.2, 0.25) is 0 Å². The molecule has 0 saturated heterocycles. The maximum atomic E-state index is 15.3. The normalized spacial score (nSPS) is 24.8. The average molecular weight is 517 g/mol. The van der Waals surface area contributed by atoms with Crippen molar-refractivity contribution in [2.75, 3.05) is 0 Å². The molecule has 1 heterocycles. The predicted molar refractivity (Wildman–Crippen MR) is 142 cm³/mol. The molecule has 0 radical (unpaired) electrons. The first kappa shape index (κ1) is 26.6. The number of fused-ring (bicyclic) bond motifs is 3. The van der Waals surface area contributed by atoms with Crippen LogP contribution in [0.25, 0.3) is 21.9 Å². The minimum absolute atomic E-state index is 0.0711. The van der Waals surface area contributed by atoms with E-state index in [1.54, 1.807) is 0 Å². The molecule has 202 valence electrons. The number of unbranched alkanes of at least 4 members (excludes halogenated alkanes) is 2. The first-order valence-electron chi connectivity index (χ1n) is 14.6. The Morgan fingerprint density at radius 3 is 1.89 bits per heavy atom. The fourth-order valence-electron chi connectivity index (χ4n) is 7.30. The zero-order valence-electron chi connectivity index (χ0n) is 22.3. The number of hydrogen-bond acceptors (Lipinski definition) is 1. The fourth-order valence-corrected chi connectivity index (χ4v) is 7.30. The van der Waals surface area contributed by atoms with Crippen LogP contribution < -0.4 is 0 Å². The molecule has 2 saturated carbocycles. The van der Waals surface area contributed by atoms with Gasteiger partial charge in [0, 0.05) is 0 Å². The number of rotatable bonds is 8. The Hall–Kier alpha value is -2.04. The van der Waals surface area contributed by atoms with Crippen molar-refractivity contribution in [3.63, 3.8) is 0 Å². The molecular weight excluding hydrogens is 476 g/mol. The number of hydrogen-bond donors (Lipinski definition) is 0. The Morgan fingerprint density at radius 1 is 0.676 bits per heavy atom. The van der Waals surface area contributed by atoms with Gasteiger partial charge in [0.15, 0.2) is 23.3 Å². The van der Waals surface area contributed by atoms with Gasteiger partial charge in [-0.1, -0.05) is 58.8 Å². The van der Waals surface area contributed by atoms with Gasteiger partial charge in [0.2, 0.25) is 0 Å². The third-order valence-corrected chi connectivity index (χ3v) is 9.42. The van der Waals surface area contributed by atoms with E-state index in [1.807, 2.05) is 6.92 Å². The Kier molecular flexibility index (Phi) is 8.16. The Balaban J connectivity index is 1.31. The van der Waals surface area contributed by atoms with E-state index in [2.05, 4.69) is 6.92 Å². The van der Waals surface area contributed by atoms with Gasteiger partial charge in [-0.15, -0.1) is 0 Å². The molecule has 1 nitrogen and oxygen atoms in total. The molecule has 2 aliphatic carbocycles. The van der Waals surface area contributed by atoms with Gasteiger partial charge in [-0.2, -0.15) is 0 Å². The summed E-state index contributed by atoms with van der Waals surface area (Å²) < 4.78 is 65.9. The third-order valence-electron chi connectivity index (χ3n) is 9.42.